The predicted octanol–water partition coefficient (Wildman–Crippen LogP) is 5.72. The first-order valence-corrected chi connectivity index (χ1v) is 20.2. The van der Waals surface area contributed by atoms with Gasteiger partial charge in [-0.15, -0.1) is 11.8 Å². The molecule has 0 saturated carbocycles. The van der Waals surface area contributed by atoms with Crippen LogP contribution in [-0.4, -0.2) is 94.0 Å². The van der Waals surface area contributed by atoms with E-state index in [2.05, 4.69) is 5.32 Å². The normalized spacial score (nSPS) is 25.2. The molecule has 2 fully saturated rings. The Labute approximate surface area is 351 Å². The van der Waals surface area contributed by atoms with Crippen molar-refractivity contribution in [3.63, 3.8) is 0 Å². The third-order valence-corrected chi connectivity index (χ3v) is 10.9. The van der Waals surface area contributed by atoms with Crippen molar-refractivity contribution in [2.24, 2.45) is 5.92 Å². The highest BCUT2D eigenvalue weighted by Gasteiger charge is 2.52. The lowest BCUT2D eigenvalue weighted by Gasteiger charge is -2.44. The average molecular weight is 854 g/mol. The summed E-state index contributed by atoms with van der Waals surface area (Å²) in [7, 11) is 0. The van der Waals surface area contributed by atoms with Crippen LogP contribution in [0.2, 0.25) is 0 Å². The summed E-state index contributed by atoms with van der Waals surface area (Å²) in [6.45, 7) is 6.26. The van der Waals surface area contributed by atoms with Crippen LogP contribution in [0.5, 0.6) is 0 Å². The van der Waals surface area contributed by atoms with Gasteiger partial charge in [0.25, 0.3) is 0 Å². The number of anilines is 1. The monoisotopic (exact) mass is 853 g/mol. The summed E-state index contributed by atoms with van der Waals surface area (Å²) in [6.07, 6.45) is -7.60. The van der Waals surface area contributed by atoms with Gasteiger partial charge in [-0.2, -0.15) is 0 Å². The first-order valence-electron chi connectivity index (χ1n) is 18.8. The molecule has 0 radical (unpaired) electrons. The zero-order valence-electron chi connectivity index (χ0n) is 33.1. The highest BCUT2D eigenvalue weighted by molar-refractivity contribution is 7.99. The number of nitrogens with one attached hydrogen (secondary N) is 1. The lowest BCUT2D eigenvalue weighted by atomic mass is 9.91. The van der Waals surface area contributed by atoms with Crippen LogP contribution in [0.25, 0.3) is 0 Å². The number of carboxylic acids is 1. The van der Waals surface area contributed by atoms with Gasteiger partial charge in [-0.25, -0.2) is 4.79 Å². The summed E-state index contributed by atoms with van der Waals surface area (Å²) in [5.74, 6) is -3.38. The molecular formula is C42H47NO14S2. The van der Waals surface area contributed by atoms with Crippen LogP contribution >= 0.6 is 24.0 Å². The molecule has 2 heterocycles. The van der Waals surface area contributed by atoms with Crippen molar-refractivity contribution < 1.29 is 67.3 Å². The number of aromatic carboxylic acids is 1. The van der Waals surface area contributed by atoms with Gasteiger partial charge in [0.15, 0.2) is 24.6 Å². The number of benzene rings is 3. The summed E-state index contributed by atoms with van der Waals surface area (Å²) >= 11 is 7.31. The molecule has 316 valence electrons. The number of aliphatic hydroxyl groups is 1. The highest BCUT2D eigenvalue weighted by atomic mass is 32.2. The van der Waals surface area contributed by atoms with Crippen molar-refractivity contribution in [3.8, 4) is 0 Å². The number of carbonyl (C=O) groups excluding carboxylic acids is 4. The number of thiocarbonyl (C=S) groups is 1. The number of carbonyl (C=O) groups is 5. The molecule has 0 bridgehead atoms. The number of carboxylic acid groups (broad SMARTS) is 1. The maximum atomic E-state index is 12.3. The Morgan fingerprint density at radius 1 is 0.746 bits per heavy atom. The van der Waals surface area contributed by atoms with E-state index >= 15 is 0 Å². The topological polar surface area (TPSA) is 202 Å². The fourth-order valence-corrected chi connectivity index (χ4v) is 8.17. The Hall–Kier alpha value is -4.91. The summed E-state index contributed by atoms with van der Waals surface area (Å²) in [5, 5.41) is 22.1. The Morgan fingerprint density at radius 3 is 1.97 bits per heavy atom. The molecule has 2 aliphatic rings. The van der Waals surface area contributed by atoms with Gasteiger partial charge in [0.2, 0.25) is 0 Å². The average Bonchev–Trinajstić information content (AvgIpc) is 3.18. The molecule has 59 heavy (non-hydrogen) atoms. The second-order valence-corrected chi connectivity index (χ2v) is 15.7. The second-order valence-electron chi connectivity index (χ2n) is 14.1. The lowest BCUT2D eigenvalue weighted by Crippen LogP contribution is -2.62. The van der Waals surface area contributed by atoms with Gasteiger partial charge < -0.3 is 48.7 Å². The van der Waals surface area contributed by atoms with E-state index in [1.165, 1.54) is 25.6 Å². The van der Waals surface area contributed by atoms with Gasteiger partial charge in [0.05, 0.1) is 29.4 Å². The van der Waals surface area contributed by atoms with Crippen molar-refractivity contribution in [2.75, 3.05) is 17.7 Å². The molecule has 17 heteroatoms. The second kappa shape index (κ2) is 20.9. The van der Waals surface area contributed by atoms with E-state index in [1.807, 2.05) is 43.3 Å². The van der Waals surface area contributed by atoms with Crippen LogP contribution in [0.1, 0.15) is 80.5 Å². The van der Waals surface area contributed by atoms with Gasteiger partial charge in [-0.05, 0) is 47.5 Å². The van der Waals surface area contributed by atoms with Gasteiger partial charge in [-0.3, -0.25) is 19.2 Å². The van der Waals surface area contributed by atoms with E-state index in [4.69, 9.17) is 45.4 Å². The number of rotatable bonds is 15. The van der Waals surface area contributed by atoms with Crippen LogP contribution in [-0.2, 0) is 58.9 Å². The molecule has 3 aromatic rings. The standard InChI is InChI=1S/C42H47NO14S2/c1-22-35(21-59-32-15-13-29(14-16-32)41(49)50)56-42(57-37(22)28-11-9-27(19-44)10-12-28)30-7-6-8-31(17-30)43-36(58)18-33-38(52-24(3)46)40(54-26(5)48)39(53-25(4)47)34(55-33)20-51-23(2)45/h6-17,22,33-35,37-40,42,44H,18-21H2,1-5H3,(H,43,58)(H,49,50). The fraction of sp³-hybridized carbons (Fsp3) is 0.429. The molecule has 0 spiro atoms. The van der Waals surface area contributed by atoms with Gasteiger partial charge >= 0.3 is 29.8 Å². The largest absolute Gasteiger partial charge is 0.478 e. The van der Waals surface area contributed by atoms with E-state index in [1.54, 1.807) is 36.4 Å². The van der Waals surface area contributed by atoms with E-state index in [0.29, 0.717) is 17.0 Å². The Kier molecular flexibility index (Phi) is 16.0. The Bertz CT molecular complexity index is 1980. The predicted molar refractivity (Wildman–Crippen MR) is 216 cm³/mol. The maximum absolute atomic E-state index is 12.3. The quantitative estimate of drug-likeness (QED) is 0.0725. The van der Waals surface area contributed by atoms with Crippen LogP contribution < -0.4 is 5.32 Å². The third kappa shape index (κ3) is 12.5. The van der Waals surface area contributed by atoms with Crippen molar-refractivity contribution in [1.82, 2.24) is 0 Å². The molecule has 5 rings (SSSR count). The molecule has 3 aromatic carbocycles. The molecule has 9 atom stereocenters. The van der Waals surface area contributed by atoms with E-state index in [0.717, 1.165) is 29.9 Å². The molecule has 0 aliphatic carbocycles. The molecular weight excluding hydrogens is 807 g/mol. The van der Waals surface area contributed by atoms with Crippen LogP contribution in [0.3, 0.4) is 0 Å². The summed E-state index contributed by atoms with van der Waals surface area (Å²) in [5.41, 5.74) is 3.11. The number of hydrogen-bond donors (Lipinski definition) is 3. The van der Waals surface area contributed by atoms with E-state index in [9.17, 15) is 34.2 Å². The Balaban J connectivity index is 1.37. The first kappa shape index (κ1) is 45.2. The molecule has 9 unspecified atom stereocenters. The zero-order valence-corrected chi connectivity index (χ0v) is 34.7. The minimum atomic E-state index is -1.32. The molecule has 0 amide bonds. The van der Waals surface area contributed by atoms with Gasteiger partial charge in [0.1, 0.15) is 18.8 Å². The van der Waals surface area contributed by atoms with Crippen molar-refractivity contribution >= 4 is 64.5 Å². The summed E-state index contributed by atoms with van der Waals surface area (Å²) in [4.78, 5) is 60.9. The van der Waals surface area contributed by atoms with E-state index in [-0.39, 0.29) is 48.3 Å². The number of thioether (sulfide) groups is 1. The minimum absolute atomic E-state index is 0.0643. The molecule has 0 aromatic heterocycles. The van der Waals surface area contributed by atoms with E-state index < -0.39 is 66.7 Å². The minimum Gasteiger partial charge on any atom is -0.478 e. The molecule has 2 aliphatic heterocycles. The van der Waals surface area contributed by atoms with Gasteiger partial charge in [0, 0.05) is 61.9 Å². The fourth-order valence-electron chi connectivity index (χ4n) is 6.82. The van der Waals surface area contributed by atoms with Crippen molar-refractivity contribution in [3.05, 3.63) is 95.1 Å². The Morgan fingerprint density at radius 2 is 1.37 bits per heavy atom. The number of ether oxygens (including phenoxy) is 7. The van der Waals surface area contributed by atoms with Crippen molar-refractivity contribution in [1.29, 1.82) is 0 Å². The highest BCUT2D eigenvalue weighted by Crippen LogP contribution is 2.43. The summed E-state index contributed by atoms with van der Waals surface area (Å²) in [6, 6.07) is 21.5. The number of aliphatic hydroxyl groups excluding tert-OH is 1. The van der Waals surface area contributed by atoms with Crippen LogP contribution in [0, 0.1) is 5.92 Å². The molecule has 15 nitrogen and oxygen atoms in total. The molecule has 3 N–H and O–H groups in total. The molecule has 2 saturated heterocycles. The SMILES string of the molecule is CC(=O)OCC1OC(CC(=S)Nc2cccc(C3OC(CSc4ccc(C(=O)O)cc4)C(C)C(c4ccc(CO)cc4)O3)c2)C(OC(C)=O)C(OC(C)=O)C1OC(C)=O. The van der Waals surface area contributed by atoms with Crippen LogP contribution in [0.4, 0.5) is 5.69 Å². The van der Waals surface area contributed by atoms with Gasteiger partial charge in [-0.1, -0.05) is 55.5 Å². The van der Waals surface area contributed by atoms with Crippen molar-refractivity contribution in [2.45, 2.75) is 102 Å². The smallest absolute Gasteiger partial charge is 0.335 e. The first-order chi connectivity index (χ1) is 28.1. The lowest BCUT2D eigenvalue weighted by molar-refractivity contribution is -0.268. The number of hydrogen-bond acceptors (Lipinski definition) is 15. The maximum Gasteiger partial charge on any atom is 0.335 e. The van der Waals surface area contributed by atoms with Crippen LogP contribution in [0.15, 0.2) is 77.7 Å². The summed E-state index contributed by atoms with van der Waals surface area (Å²) < 4.78 is 41.3. The third-order valence-electron chi connectivity index (χ3n) is 9.56. The number of esters is 4. The zero-order chi connectivity index (χ0) is 42.8.